The first kappa shape index (κ1) is 27.1. The molecular weight excluding hydrogens is 626 g/mol. The number of benzene rings is 3. The summed E-state index contributed by atoms with van der Waals surface area (Å²) in [5.74, 6) is -0.520. The van der Waals surface area contributed by atoms with Crippen molar-refractivity contribution in [3.05, 3.63) is 85.9 Å². The smallest absolute Gasteiger partial charge is 0.363 e. The summed E-state index contributed by atoms with van der Waals surface area (Å²) in [6, 6.07) is 14.5. The Labute approximate surface area is 234 Å². The molecule has 0 saturated carbocycles. The third-order valence-corrected chi connectivity index (χ3v) is 6.18. The largest absolute Gasteiger partial charge is 0.497 e. The number of carbonyl (C=O) groups is 3. The van der Waals surface area contributed by atoms with Crippen molar-refractivity contribution in [3.8, 4) is 23.0 Å². The Hall–Kier alpha value is -3.96. The minimum absolute atomic E-state index is 0.0187. The zero-order valence-electron chi connectivity index (χ0n) is 20.2. The molecule has 1 aliphatic heterocycles. The van der Waals surface area contributed by atoms with Crippen LogP contribution in [0.2, 0.25) is 0 Å². The lowest BCUT2D eigenvalue weighted by molar-refractivity contribution is -0.132. The third-order valence-electron chi connectivity index (χ3n) is 5.13. The van der Waals surface area contributed by atoms with Gasteiger partial charge in [-0.3, -0.25) is 4.79 Å². The molecule has 0 bridgehead atoms. The van der Waals surface area contributed by atoms with Crippen molar-refractivity contribution < 1.29 is 38.1 Å². The SMILES string of the molecule is COc1ccc(C(=O)Oc2c(Br)cc(Br)cc2/C=C2\N=C(c3ccc(OC(C)=O)c(OC)c3)OC2=O)cc1. The van der Waals surface area contributed by atoms with Gasteiger partial charge in [-0.2, -0.15) is 0 Å². The highest BCUT2D eigenvalue weighted by Gasteiger charge is 2.26. The summed E-state index contributed by atoms with van der Waals surface area (Å²) in [5, 5.41) is 0. The molecule has 0 atom stereocenters. The fourth-order valence-corrected chi connectivity index (χ4v) is 4.73. The van der Waals surface area contributed by atoms with Gasteiger partial charge in [0.05, 0.1) is 24.3 Å². The van der Waals surface area contributed by atoms with Crippen LogP contribution in [-0.2, 0) is 14.3 Å². The fraction of sp³-hybridized carbons (Fsp3) is 0.111. The van der Waals surface area contributed by atoms with Gasteiger partial charge in [-0.05, 0) is 76.6 Å². The molecule has 1 heterocycles. The first-order valence-electron chi connectivity index (χ1n) is 10.9. The first-order valence-corrected chi connectivity index (χ1v) is 12.5. The van der Waals surface area contributed by atoms with Gasteiger partial charge < -0.3 is 23.7 Å². The monoisotopic (exact) mass is 643 g/mol. The number of esters is 3. The lowest BCUT2D eigenvalue weighted by atomic mass is 10.1. The van der Waals surface area contributed by atoms with Gasteiger partial charge in [-0.25, -0.2) is 14.6 Å². The molecule has 0 aromatic heterocycles. The molecule has 0 spiro atoms. The molecule has 3 aromatic rings. The number of hydrogen-bond donors (Lipinski definition) is 0. The van der Waals surface area contributed by atoms with E-state index in [4.69, 9.17) is 23.7 Å². The minimum Gasteiger partial charge on any atom is -0.497 e. The predicted octanol–water partition coefficient (Wildman–Crippen LogP) is 5.72. The first-order chi connectivity index (χ1) is 18.2. The molecule has 9 nitrogen and oxygen atoms in total. The van der Waals surface area contributed by atoms with Crippen molar-refractivity contribution in [2.24, 2.45) is 4.99 Å². The van der Waals surface area contributed by atoms with Gasteiger partial charge in [-0.1, -0.05) is 15.9 Å². The number of rotatable bonds is 7. The van der Waals surface area contributed by atoms with Crippen LogP contribution in [0.15, 0.2) is 74.2 Å². The van der Waals surface area contributed by atoms with E-state index in [0.717, 1.165) is 0 Å². The average molecular weight is 645 g/mol. The van der Waals surface area contributed by atoms with E-state index >= 15 is 0 Å². The molecule has 0 saturated heterocycles. The second kappa shape index (κ2) is 11.6. The Bertz CT molecular complexity index is 1500. The Morgan fingerprint density at radius 1 is 0.921 bits per heavy atom. The second-order valence-electron chi connectivity index (χ2n) is 7.72. The summed E-state index contributed by atoms with van der Waals surface area (Å²) >= 11 is 6.83. The van der Waals surface area contributed by atoms with E-state index in [1.165, 1.54) is 39.4 Å². The molecule has 11 heteroatoms. The van der Waals surface area contributed by atoms with Crippen LogP contribution < -0.4 is 18.9 Å². The number of cyclic esters (lactones) is 1. The van der Waals surface area contributed by atoms with Crippen molar-refractivity contribution in [1.82, 2.24) is 0 Å². The van der Waals surface area contributed by atoms with Gasteiger partial charge in [0, 0.05) is 22.5 Å². The Morgan fingerprint density at radius 2 is 1.66 bits per heavy atom. The number of nitrogens with zero attached hydrogens (tertiary/aromatic N) is 1. The summed E-state index contributed by atoms with van der Waals surface area (Å²) in [5.41, 5.74) is 1.12. The molecule has 3 aromatic carbocycles. The van der Waals surface area contributed by atoms with Crippen molar-refractivity contribution in [3.63, 3.8) is 0 Å². The van der Waals surface area contributed by atoms with E-state index in [-0.39, 0.29) is 28.8 Å². The standard InChI is InChI=1S/C27H19Br2NO8/c1-14(31)36-22-9-6-16(12-23(22)35-3)25-30-21(27(33)38-25)11-17-10-18(28)13-20(29)24(17)37-26(32)15-4-7-19(34-2)8-5-15/h4-13H,1-3H3/b21-11-. The van der Waals surface area contributed by atoms with Crippen molar-refractivity contribution >= 4 is 61.7 Å². The summed E-state index contributed by atoms with van der Waals surface area (Å²) in [6.07, 6.45) is 1.45. The van der Waals surface area contributed by atoms with Crippen molar-refractivity contribution in [1.29, 1.82) is 0 Å². The number of ether oxygens (including phenoxy) is 5. The number of carbonyl (C=O) groups excluding carboxylic acids is 3. The summed E-state index contributed by atoms with van der Waals surface area (Å²) < 4.78 is 27.7. The molecule has 1 aliphatic rings. The quantitative estimate of drug-likeness (QED) is 0.183. The van der Waals surface area contributed by atoms with Crippen LogP contribution in [0.3, 0.4) is 0 Å². The molecular formula is C27H19Br2NO8. The van der Waals surface area contributed by atoms with E-state index in [1.807, 2.05) is 0 Å². The maximum absolute atomic E-state index is 12.8. The van der Waals surface area contributed by atoms with E-state index in [2.05, 4.69) is 36.9 Å². The Kier molecular flexibility index (Phi) is 8.28. The zero-order valence-corrected chi connectivity index (χ0v) is 23.4. The van der Waals surface area contributed by atoms with Crippen LogP contribution in [-0.4, -0.2) is 38.0 Å². The van der Waals surface area contributed by atoms with Crippen LogP contribution in [0.1, 0.15) is 28.4 Å². The van der Waals surface area contributed by atoms with Crippen LogP contribution in [0.4, 0.5) is 0 Å². The highest BCUT2D eigenvalue weighted by atomic mass is 79.9. The fourth-order valence-electron chi connectivity index (χ4n) is 3.39. The molecule has 194 valence electrons. The zero-order chi connectivity index (χ0) is 27.4. The number of halogens is 2. The average Bonchev–Trinajstić information content (AvgIpc) is 3.25. The summed E-state index contributed by atoms with van der Waals surface area (Å²) in [4.78, 5) is 41.1. The van der Waals surface area contributed by atoms with Gasteiger partial charge >= 0.3 is 17.9 Å². The molecule has 0 fully saturated rings. The van der Waals surface area contributed by atoms with Gasteiger partial charge in [0.2, 0.25) is 5.90 Å². The molecule has 0 radical (unpaired) electrons. The number of methoxy groups -OCH3 is 2. The van der Waals surface area contributed by atoms with E-state index in [0.29, 0.717) is 31.4 Å². The number of hydrogen-bond acceptors (Lipinski definition) is 9. The van der Waals surface area contributed by atoms with Gasteiger partial charge in [0.15, 0.2) is 22.9 Å². The molecule has 0 amide bonds. The topological polar surface area (TPSA) is 110 Å². The van der Waals surface area contributed by atoms with Gasteiger partial charge in [0.1, 0.15) is 5.75 Å². The molecule has 38 heavy (non-hydrogen) atoms. The number of aliphatic imine (C=N–C) groups is 1. The van der Waals surface area contributed by atoms with Crippen molar-refractivity contribution in [2.75, 3.05) is 14.2 Å². The predicted molar refractivity (Wildman–Crippen MR) is 145 cm³/mol. The maximum atomic E-state index is 12.8. The highest BCUT2D eigenvalue weighted by Crippen LogP contribution is 2.36. The van der Waals surface area contributed by atoms with Crippen LogP contribution in [0, 0.1) is 0 Å². The van der Waals surface area contributed by atoms with Crippen LogP contribution >= 0.6 is 31.9 Å². The maximum Gasteiger partial charge on any atom is 0.363 e. The lowest BCUT2D eigenvalue weighted by Crippen LogP contribution is -2.10. The van der Waals surface area contributed by atoms with Crippen LogP contribution in [0.5, 0.6) is 23.0 Å². The van der Waals surface area contributed by atoms with Crippen molar-refractivity contribution in [2.45, 2.75) is 6.92 Å². The third kappa shape index (κ3) is 6.12. The second-order valence-corrected chi connectivity index (χ2v) is 9.49. The lowest BCUT2D eigenvalue weighted by Gasteiger charge is -2.11. The Balaban J connectivity index is 1.67. The summed E-state index contributed by atoms with van der Waals surface area (Å²) in [7, 11) is 2.95. The Morgan fingerprint density at radius 3 is 2.32 bits per heavy atom. The molecule has 0 N–H and O–H groups in total. The van der Waals surface area contributed by atoms with Crippen LogP contribution in [0.25, 0.3) is 6.08 Å². The van der Waals surface area contributed by atoms with Gasteiger partial charge in [0.25, 0.3) is 0 Å². The van der Waals surface area contributed by atoms with E-state index in [9.17, 15) is 14.4 Å². The van der Waals surface area contributed by atoms with E-state index in [1.54, 1.807) is 42.5 Å². The minimum atomic E-state index is -0.702. The molecule has 0 unspecified atom stereocenters. The normalized spacial score (nSPS) is 13.6. The van der Waals surface area contributed by atoms with E-state index < -0.39 is 17.9 Å². The van der Waals surface area contributed by atoms with Gasteiger partial charge in [-0.15, -0.1) is 0 Å². The highest BCUT2D eigenvalue weighted by molar-refractivity contribution is 9.11. The molecule has 0 aliphatic carbocycles. The summed E-state index contributed by atoms with van der Waals surface area (Å²) in [6.45, 7) is 1.27. The molecule has 4 rings (SSSR count).